The molecule has 1 amide bonds. The van der Waals surface area contributed by atoms with Gasteiger partial charge in [-0.2, -0.15) is 0 Å². The van der Waals surface area contributed by atoms with Crippen LogP contribution in [-0.2, 0) is 19.4 Å². The predicted molar refractivity (Wildman–Crippen MR) is 135 cm³/mol. The second-order valence-electron chi connectivity index (χ2n) is 9.00. The van der Waals surface area contributed by atoms with Crippen LogP contribution < -0.4 is 11.1 Å². The second kappa shape index (κ2) is 12.5. The van der Waals surface area contributed by atoms with E-state index in [2.05, 4.69) is 5.32 Å². The Balaban J connectivity index is 0.00000481. The largest absolute Gasteiger partial charge is 0.461 e. The summed E-state index contributed by atoms with van der Waals surface area (Å²) in [6.07, 6.45) is 0.605. The number of hydrogen-bond acceptors (Lipinski definition) is 6. The van der Waals surface area contributed by atoms with Crippen molar-refractivity contribution in [1.29, 1.82) is 0 Å². The molecule has 0 aliphatic heterocycles. The molecule has 13 heteroatoms. The van der Waals surface area contributed by atoms with Crippen molar-refractivity contribution in [2.24, 2.45) is 11.7 Å². The van der Waals surface area contributed by atoms with Gasteiger partial charge in [0.05, 0.1) is 15.2 Å². The first-order valence-corrected chi connectivity index (χ1v) is 13.2. The van der Waals surface area contributed by atoms with Crippen LogP contribution in [0.2, 0.25) is 5.02 Å². The zero-order valence-electron chi connectivity index (χ0n) is 20.0. The number of rotatable bonds is 7. The summed E-state index contributed by atoms with van der Waals surface area (Å²) in [5.74, 6) is -6.15. The zero-order chi connectivity index (χ0) is 26.8. The molecule has 0 heterocycles. The quantitative estimate of drug-likeness (QED) is 0.349. The molecule has 0 radical (unpaired) electrons. The number of carbonyl (C=O) groups is 2. The SMILES string of the molecule is CC(C)[C@H](N)C(=O)OC1CCC(S(=O)(=O)c2cc(C(=O)Nc3cc(F)c(F)c(F)c3)ccc2Cl)CC1.Cl. The van der Waals surface area contributed by atoms with E-state index < -0.39 is 56.6 Å². The third kappa shape index (κ3) is 7.16. The molecule has 1 fully saturated rings. The molecule has 37 heavy (non-hydrogen) atoms. The van der Waals surface area contributed by atoms with Gasteiger partial charge in [0, 0.05) is 23.4 Å². The first-order chi connectivity index (χ1) is 16.8. The van der Waals surface area contributed by atoms with Crippen LogP contribution in [0.1, 0.15) is 49.9 Å². The Labute approximate surface area is 224 Å². The highest BCUT2D eigenvalue weighted by atomic mass is 35.5. The average molecular weight is 583 g/mol. The van der Waals surface area contributed by atoms with E-state index in [0.29, 0.717) is 25.0 Å². The summed E-state index contributed by atoms with van der Waals surface area (Å²) < 4.78 is 72.1. The van der Waals surface area contributed by atoms with Gasteiger partial charge in [-0.05, 0) is 49.8 Å². The summed E-state index contributed by atoms with van der Waals surface area (Å²) in [7, 11) is -3.97. The fourth-order valence-corrected chi connectivity index (χ4v) is 6.17. The second-order valence-corrected chi connectivity index (χ2v) is 11.6. The Hall–Kier alpha value is -2.34. The molecule has 3 N–H and O–H groups in total. The topological polar surface area (TPSA) is 116 Å². The third-order valence-electron chi connectivity index (χ3n) is 6.07. The fourth-order valence-electron chi connectivity index (χ4n) is 3.85. The number of sulfone groups is 1. The molecule has 1 atom stereocenters. The number of hydrogen-bond donors (Lipinski definition) is 2. The van der Waals surface area contributed by atoms with E-state index in [-0.39, 0.29) is 52.3 Å². The van der Waals surface area contributed by atoms with Gasteiger partial charge in [0.25, 0.3) is 5.91 Å². The van der Waals surface area contributed by atoms with E-state index in [1.807, 2.05) is 0 Å². The van der Waals surface area contributed by atoms with Gasteiger partial charge in [-0.15, -0.1) is 12.4 Å². The Kier molecular flexibility index (Phi) is 10.4. The minimum Gasteiger partial charge on any atom is -0.461 e. The molecule has 0 spiro atoms. The standard InChI is InChI=1S/C24H26ClF3N2O5S.ClH/c1-12(2)22(29)24(32)35-15-4-6-16(7-5-15)36(33,34)20-9-13(3-8-17(20)25)23(31)30-14-10-18(26)21(28)19(27)11-14;/h3,8-12,15-16,22H,4-7,29H2,1-2H3,(H,30,31);1H/t15?,16?,22-;/m0./s1. The van der Waals surface area contributed by atoms with Gasteiger partial charge < -0.3 is 15.8 Å². The van der Waals surface area contributed by atoms with Gasteiger partial charge in [0.2, 0.25) is 0 Å². The molecule has 0 unspecified atom stereocenters. The fraction of sp³-hybridized carbons (Fsp3) is 0.417. The number of anilines is 1. The highest BCUT2D eigenvalue weighted by molar-refractivity contribution is 7.92. The smallest absolute Gasteiger partial charge is 0.323 e. The molecule has 1 aliphatic carbocycles. The average Bonchev–Trinajstić information content (AvgIpc) is 2.82. The van der Waals surface area contributed by atoms with Crippen molar-refractivity contribution in [1.82, 2.24) is 0 Å². The van der Waals surface area contributed by atoms with Gasteiger partial charge in [-0.1, -0.05) is 25.4 Å². The van der Waals surface area contributed by atoms with Gasteiger partial charge in [-0.3, -0.25) is 9.59 Å². The van der Waals surface area contributed by atoms with Crippen LogP contribution >= 0.6 is 24.0 Å². The van der Waals surface area contributed by atoms with Crippen LogP contribution in [0.5, 0.6) is 0 Å². The Morgan fingerprint density at radius 1 is 1.05 bits per heavy atom. The van der Waals surface area contributed by atoms with Crippen molar-refractivity contribution in [2.75, 3.05) is 5.32 Å². The number of halogens is 5. The van der Waals surface area contributed by atoms with E-state index in [1.165, 1.54) is 12.1 Å². The third-order valence-corrected chi connectivity index (χ3v) is 8.82. The van der Waals surface area contributed by atoms with Gasteiger partial charge in [0.15, 0.2) is 27.3 Å². The van der Waals surface area contributed by atoms with Gasteiger partial charge >= 0.3 is 5.97 Å². The van der Waals surface area contributed by atoms with Crippen LogP contribution in [0.25, 0.3) is 0 Å². The predicted octanol–water partition coefficient (Wildman–Crippen LogP) is 5.04. The maximum absolute atomic E-state index is 13.4. The molecule has 2 aromatic rings. The number of amides is 1. The molecule has 2 aromatic carbocycles. The van der Waals surface area contributed by atoms with Crippen LogP contribution in [0.15, 0.2) is 35.2 Å². The van der Waals surface area contributed by atoms with E-state index in [0.717, 1.165) is 6.07 Å². The lowest BCUT2D eigenvalue weighted by molar-refractivity contribution is -0.153. The molecule has 204 valence electrons. The van der Waals surface area contributed by atoms with Crippen molar-refractivity contribution in [3.63, 3.8) is 0 Å². The summed E-state index contributed by atoms with van der Waals surface area (Å²) in [5.41, 5.74) is 5.33. The number of ether oxygens (including phenoxy) is 1. The van der Waals surface area contributed by atoms with E-state index in [1.54, 1.807) is 13.8 Å². The number of nitrogens with one attached hydrogen (secondary N) is 1. The highest BCUT2D eigenvalue weighted by Gasteiger charge is 2.35. The Morgan fingerprint density at radius 2 is 1.62 bits per heavy atom. The lowest BCUT2D eigenvalue weighted by Crippen LogP contribution is -2.40. The molecule has 7 nitrogen and oxygen atoms in total. The summed E-state index contributed by atoms with van der Waals surface area (Å²) in [4.78, 5) is 24.4. The Morgan fingerprint density at radius 3 is 2.16 bits per heavy atom. The molecule has 0 aromatic heterocycles. The monoisotopic (exact) mass is 582 g/mol. The molecule has 3 rings (SSSR count). The molecular weight excluding hydrogens is 556 g/mol. The lowest BCUT2D eigenvalue weighted by atomic mass is 9.97. The summed E-state index contributed by atoms with van der Waals surface area (Å²) in [6.45, 7) is 3.59. The van der Waals surface area contributed by atoms with Gasteiger partial charge in [0.1, 0.15) is 12.1 Å². The highest BCUT2D eigenvalue weighted by Crippen LogP contribution is 2.34. The summed E-state index contributed by atoms with van der Waals surface area (Å²) in [6, 6.07) is 4.00. The molecule has 1 saturated carbocycles. The summed E-state index contributed by atoms with van der Waals surface area (Å²) >= 11 is 6.15. The molecule has 0 saturated heterocycles. The van der Waals surface area contributed by atoms with Crippen LogP contribution in [0.4, 0.5) is 18.9 Å². The van der Waals surface area contributed by atoms with E-state index >= 15 is 0 Å². The van der Waals surface area contributed by atoms with Gasteiger partial charge in [-0.25, -0.2) is 21.6 Å². The van der Waals surface area contributed by atoms with Crippen molar-refractivity contribution in [3.8, 4) is 0 Å². The summed E-state index contributed by atoms with van der Waals surface area (Å²) in [5, 5.41) is 1.29. The van der Waals surface area contributed by atoms with Crippen molar-refractivity contribution in [2.45, 2.75) is 61.8 Å². The number of carbonyl (C=O) groups excluding carboxylic acids is 2. The van der Waals surface area contributed by atoms with Crippen LogP contribution in [0, 0.1) is 23.4 Å². The van der Waals surface area contributed by atoms with Crippen molar-refractivity contribution in [3.05, 3.63) is 58.4 Å². The van der Waals surface area contributed by atoms with E-state index in [9.17, 15) is 31.2 Å². The molecular formula is C24H27Cl2F3N2O5S. The minimum absolute atomic E-state index is 0. The number of nitrogens with two attached hydrogens (primary N) is 1. The first-order valence-electron chi connectivity index (χ1n) is 11.3. The maximum atomic E-state index is 13.4. The first kappa shape index (κ1) is 30.9. The van der Waals surface area contributed by atoms with Crippen LogP contribution in [-0.4, -0.2) is 37.7 Å². The molecule has 1 aliphatic rings. The van der Waals surface area contributed by atoms with Crippen molar-refractivity contribution < 1.29 is 35.9 Å². The minimum atomic E-state index is -3.97. The number of esters is 1. The lowest BCUT2D eigenvalue weighted by Gasteiger charge is -2.29. The normalized spacial score (nSPS) is 18.6. The molecule has 0 bridgehead atoms. The van der Waals surface area contributed by atoms with Crippen molar-refractivity contribution >= 4 is 51.4 Å². The maximum Gasteiger partial charge on any atom is 0.323 e. The van der Waals surface area contributed by atoms with E-state index in [4.69, 9.17) is 22.1 Å². The Bertz CT molecular complexity index is 1250. The zero-order valence-corrected chi connectivity index (χ0v) is 22.4. The van der Waals surface area contributed by atoms with Crippen LogP contribution in [0.3, 0.4) is 0 Å². The number of benzene rings is 2.